The number of likely N-dealkylation sites (N-methyl/N-ethyl adjacent to an activating group) is 1. The number of carbonyl (C=O) groups excluding carboxylic acids is 1. The molecule has 0 saturated heterocycles. The van der Waals surface area contributed by atoms with Crippen LogP contribution in [0.1, 0.15) is 19.4 Å². The third-order valence-electron chi connectivity index (χ3n) is 2.89. The van der Waals surface area contributed by atoms with Crippen molar-refractivity contribution < 1.29 is 9.63 Å². The van der Waals surface area contributed by atoms with Gasteiger partial charge in [0.15, 0.2) is 0 Å². The average Bonchev–Trinajstić information content (AvgIpc) is 2.38. The van der Waals surface area contributed by atoms with Crippen molar-refractivity contribution >= 4 is 5.91 Å². The maximum Gasteiger partial charge on any atom is 0.263 e. The monoisotopic (exact) mass is 250 g/mol. The minimum atomic E-state index is -0.241. The van der Waals surface area contributed by atoms with Crippen molar-refractivity contribution in [3.05, 3.63) is 35.9 Å². The first-order valence-electron chi connectivity index (χ1n) is 6.15. The van der Waals surface area contributed by atoms with Gasteiger partial charge in [-0.3, -0.25) is 9.63 Å². The van der Waals surface area contributed by atoms with Gasteiger partial charge in [0.1, 0.15) is 0 Å². The number of rotatable bonds is 6. The van der Waals surface area contributed by atoms with Crippen molar-refractivity contribution in [2.75, 3.05) is 14.2 Å². The predicted molar refractivity (Wildman–Crippen MR) is 71.7 cm³/mol. The van der Waals surface area contributed by atoms with Gasteiger partial charge in [-0.1, -0.05) is 44.2 Å². The summed E-state index contributed by atoms with van der Waals surface area (Å²) in [7, 11) is 3.12. The lowest BCUT2D eigenvalue weighted by Gasteiger charge is -2.25. The molecule has 0 saturated carbocycles. The predicted octanol–water partition coefficient (Wildman–Crippen LogP) is 1.82. The highest BCUT2D eigenvalue weighted by Gasteiger charge is 2.24. The third-order valence-corrected chi connectivity index (χ3v) is 2.89. The van der Waals surface area contributed by atoms with Crippen LogP contribution in [0.2, 0.25) is 0 Å². The van der Waals surface area contributed by atoms with E-state index in [-0.39, 0.29) is 17.9 Å². The van der Waals surface area contributed by atoms with E-state index in [0.717, 1.165) is 5.56 Å². The molecule has 0 aliphatic heterocycles. The number of nitrogens with zero attached hydrogens (tertiary/aromatic N) is 1. The second kappa shape index (κ2) is 7.13. The van der Waals surface area contributed by atoms with Crippen LogP contribution in [-0.2, 0) is 16.2 Å². The SMILES string of the molecule is CON(C)C(=O)[C@@H](NCc1ccccc1)C(C)C. The van der Waals surface area contributed by atoms with Crippen LogP contribution in [0.3, 0.4) is 0 Å². The van der Waals surface area contributed by atoms with Gasteiger partial charge in [-0.2, -0.15) is 0 Å². The van der Waals surface area contributed by atoms with Crippen LogP contribution in [0, 0.1) is 5.92 Å². The molecule has 1 rings (SSSR count). The standard InChI is InChI=1S/C14H22N2O2/c1-11(2)13(14(17)16(3)18-4)15-10-12-8-6-5-7-9-12/h5-9,11,13,15H,10H2,1-4H3/t13-/m0/s1. The Morgan fingerprint density at radius 3 is 2.44 bits per heavy atom. The smallest absolute Gasteiger partial charge is 0.263 e. The zero-order valence-corrected chi connectivity index (χ0v) is 11.5. The molecule has 0 radical (unpaired) electrons. The average molecular weight is 250 g/mol. The summed E-state index contributed by atoms with van der Waals surface area (Å²) < 4.78 is 0. The molecule has 1 amide bonds. The number of amides is 1. The molecule has 0 aromatic heterocycles. The molecule has 18 heavy (non-hydrogen) atoms. The molecule has 0 aliphatic carbocycles. The molecular formula is C14H22N2O2. The van der Waals surface area contributed by atoms with E-state index in [1.165, 1.54) is 12.2 Å². The first kappa shape index (κ1) is 14.7. The van der Waals surface area contributed by atoms with Crippen LogP contribution in [-0.4, -0.2) is 31.2 Å². The lowest BCUT2D eigenvalue weighted by Crippen LogP contribution is -2.47. The lowest BCUT2D eigenvalue weighted by atomic mass is 10.0. The van der Waals surface area contributed by atoms with Crippen molar-refractivity contribution in [1.82, 2.24) is 10.4 Å². The summed E-state index contributed by atoms with van der Waals surface area (Å²) in [6.07, 6.45) is 0. The number of carbonyl (C=O) groups is 1. The maximum absolute atomic E-state index is 12.1. The summed E-state index contributed by atoms with van der Waals surface area (Å²) in [5.74, 6) is 0.155. The molecule has 4 nitrogen and oxygen atoms in total. The van der Waals surface area contributed by atoms with Gasteiger partial charge in [-0.15, -0.1) is 0 Å². The summed E-state index contributed by atoms with van der Waals surface area (Å²) in [5.41, 5.74) is 1.16. The fraction of sp³-hybridized carbons (Fsp3) is 0.500. The summed E-state index contributed by atoms with van der Waals surface area (Å²) in [6.45, 7) is 4.71. The summed E-state index contributed by atoms with van der Waals surface area (Å²) in [6, 6.07) is 9.79. The van der Waals surface area contributed by atoms with Gasteiger partial charge in [0, 0.05) is 13.6 Å². The van der Waals surface area contributed by atoms with Crippen molar-refractivity contribution in [2.24, 2.45) is 5.92 Å². The molecule has 1 N–H and O–H groups in total. The van der Waals surface area contributed by atoms with Crippen LogP contribution in [0.25, 0.3) is 0 Å². The van der Waals surface area contributed by atoms with Crippen LogP contribution in [0.15, 0.2) is 30.3 Å². The fourth-order valence-corrected chi connectivity index (χ4v) is 1.72. The minimum Gasteiger partial charge on any atom is -0.301 e. The highest BCUT2D eigenvalue weighted by atomic mass is 16.7. The van der Waals surface area contributed by atoms with E-state index in [9.17, 15) is 4.79 Å². The van der Waals surface area contributed by atoms with Crippen molar-refractivity contribution in [3.8, 4) is 0 Å². The van der Waals surface area contributed by atoms with E-state index in [0.29, 0.717) is 6.54 Å². The van der Waals surface area contributed by atoms with E-state index in [1.807, 2.05) is 44.2 Å². The normalized spacial score (nSPS) is 12.5. The summed E-state index contributed by atoms with van der Waals surface area (Å²) in [4.78, 5) is 17.0. The quantitative estimate of drug-likeness (QED) is 0.783. The molecule has 0 bridgehead atoms. The number of nitrogens with one attached hydrogen (secondary N) is 1. The topological polar surface area (TPSA) is 41.6 Å². The van der Waals surface area contributed by atoms with E-state index < -0.39 is 0 Å². The molecule has 0 spiro atoms. The van der Waals surface area contributed by atoms with Gasteiger partial charge in [0.05, 0.1) is 13.2 Å². The number of hydrogen-bond donors (Lipinski definition) is 1. The van der Waals surface area contributed by atoms with E-state index in [1.54, 1.807) is 7.05 Å². The first-order valence-corrected chi connectivity index (χ1v) is 6.15. The molecule has 1 aromatic rings. The Bertz CT molecular complexity index is 365. The highest BCUT2D eigenvalue weighted by molar-refractivity contribution is 5.80. The first-order chi connectivity index (χ1) is 8.56. The Morgan fingerprint density at radius 2 is 1.94 bits per heavy atom. The second-order valence-corrected chi connectivity index (χ2v) is 4.61. The number of hydrogen-bond acceptors (Lipinski definition) is 3. The van der Waals surface area contributed by atoms with Crippen molar-refractivity contribution in [3.63, 3.8) is 0 Å². The van der Waals surface area contributed by atoms with Gasteiger partial charge < -0.3 is 5.32 Å². The van der Waals surface area contributed by atoms with Crippen molar-refractivity contribution in [1.29, 1.82) is 0 Å². The lowest BCUT2D eigenvalue weighted by molar-refractivity contribution is -0.172. The molecule has 0 unspecified atom stereocenters. The van der Waals surface area contributed by atoms with Crippen LogP contribution in [0.4, 0.5) is 0 Å². The second-order valence-electron chi connectivity index (χ2n) is 4.61. The minimum absolute atomic E-state index is 0.0524. The fourth-order valence-electron chi connectivity index (χ4n) is 1.72. The highest BCUT2D eigenvalue weighted by Crippen LogP contribution is 2.07. The molecule has 0 fully saturated rings. The maximum atomic E-state index is 12.1. The Labute approximate surface area is 109 Å². The van der Waals surface area contributed by atoms with E-state index in [4.69, 9.17) is 4.84 Å². The largest absolute Gasteiger partial charge is 0.301 e. The molecular weight excluding hydrogens is 228 g/mol. The molecule has 1 aromatic carbocycles. The van der Waals surface area contributed by atoms with Crippen molar-refractivity contribution in [2.45, 2.75) is 26.4 Å². The Balaban J connectivity index is 2.61. The zero-order valence-electron chi connectivity index (χ0n) is 11.5. The molecule has 100 valence electrons. The van der Waals surface area contributed by atoms with Gasteiger partial charge in [-0.25, -0.2) is 5.06 Å². The van der Waals surface area contributed by atoms with Crippen LogP contribution < -0.4 is 5.32 Å². The Morgan fingerprint density at radius 1 is 1.33 bits per heavy atom. The third kappa shape index (κ3) is 4.13. The van der Waals surface area contributed by atoms with Crippen LogP contribution >= 0.6 is 0 Å². The zero-order chi connectivity index (χ0) is 13.5. The van der Waals surface area contributed by atoms with E-state index in [2.05, 4.69) is 5.32 Å². The number of hydroxylamine groups is 2. The Hall–Kier alpha value is -1.39. The molecule has 4 heteroatoms. The number of benzene rings is 1. The van der Waals surface area contributed by atoms with Gasteiger partial charge in [-0.05, 0) is 11.5 Å². The van der Waals surface area contributed by atoms with Gasteiger partial charge in [0.25, 0.3) is 5.91 Å². The molecule has 1 atom stereocenters. The summed E-state index contributed by atoms with van der Waals surface area (Å²) >= 11 is 0. The molecule has 0 heterocycles. The van der Waals surface area contributed by atoms with E-state index >= 15 is 0 Å². The molecule has 0 aliphatic rings. The van der Waals surface area contributed by atoms with Gasteiger partial charge in [0.2, 0.25) is 0 Å². The van der Waals surface area contributed by atoms with Gasteiger partial charge >= 0.3 is 0 Å². The summed E-state index contributed by atoms with van der Waals surface area (Å²) in [5, 5.41) is 4.55. The van der Waals surface area contributed by atoms with Crippen LogP contribution in [0.5, 0.6) is 0 Å². The Kier molecular flexibility index (Phi) is 5.82.